The Morgan fingerprint density at radius 2 is 1.94 bits per heavy atom. The zero-order valence-electron chi connectivity index (χ0n) is 9.86. The van der Waals surface area contributed by atoms with Crippen molar-refractivity contribution in [3.8, 4) is 17.3 Å². The van der Waals surface area contributed by atoms with Crippen molar-refractivity contribution in [2.45, 2.75) is 13.8 Å². The van der Waals surface area contributed by atoms with Gasteiger partial charge in [-0.15, -0.1) is 0 Å². The van der Waals surface area contributed by atoms with Crippen molar-refractivity contribution in [3.63, 3.8) is 0 Å². The molecular weight excluding hydrogens is 238 g/mol. The van der Waals surface area contributed by atoms with Gasteiger partial charge in [-0.2, -0.15) is 0 Å². The summed E-state index contributed by atoms with van der Waals surface area (Å²) in [5.74, 6) is 1.14. The third kappa shape index (κ3) is 2.36. The van der Waals surface area contributed by atoms with E-state index >= 15 is 0 Å². The number of hydrogen-bond acceptors (Lipinski definition) is 4. The predicted molar refractivity (Wildman–Crippen MR) is 66.3 cm³/mol. The first-order valence-electron chi connectivity index (χ1n) is 5.13. The number of halogens is 1. The highest BCUT2D eigenvalue weighted by Gasteiger charge is 2.08. The summed E-state index contributed by atoms with van der Waals surface area (Å²) in [5.41, 5.74) is 2.59. The van der Waals surface area contributed by atoms with E-state index in [1.807, 2.05) is 19.9 Å². The van der Waals surface area contributed by atoms with E-state index in [1.54, 1.807) is 19.4 Å². The van der Waals surface area contributed by atoms with Gasteiger partial charge in [0.1, 0.15) is 5.15 Å². The van der Waals surface area contributed by atoms with Crippen molar-refractivity contribution in [3.05, 3.63) is 34.7 Å². The van der Waals surface area contributed by atoms with E-state index in [2.05, 4.69) is 15.0 Å². The summed E-state index contributed by atoms with van der Waals surface area (Å²) in [6.45, 7) is 3.80. The third-order valence-electron chi connectivity index (χ3n) is 2.53. The standard InChI is InChI=1S/C12H12ClN3O/c1-7-8(2)15-12(16-11(7)13)9-4-5-10(17-3)14-6-9/h4-6H,1-3H3. The molecule has 0 bridgehead atoms. The molecule has 2 aromatic rings. The van der Waals surface area contributed by atoms with Gasteiger partial charge >= 0.3 is 0 Å². The second kappa shape index (κ2) is 4.67. The predicted octanol–water partition coefficient (Wildman–Crippen LogP) is 2.82. The van der Waals surface area contributed by atoms with Crippen LogP contribution in [0.15, 0.2) is 18.3 Å². The SMILES string of the molecule is COc1ccc(-c2nc(C)c(C)c(Cl)n2)cn1. The minimum absolute atomic E-state index is 0.475. The van der Waals surface area contributed by atoms with Crippen LogP contribution < -0.4 is 4.74 Å². The van der Waals surface area contributed by atoms with Gasteiger partial charge < -0.3 is 4.74 Å². The van der Waals surface area contributed by atoms with Crippen molar-refractivity contribution in [2.24, 2.45) is 0 Å². The number of rotatable bonds is 2. The van der Waals surface area contributed by atoms with Gasteiger partial charge in [0.2, 0.25) is 5.88 Å². The minimum Gasteiger partial charge on any atom is -0.481 e. The highest BCUT2D eigenvalue weighted by molar-refractivity contribution is 6.30. The van der Waals surface area contributed by atoms with E-state index in [-0.39, 0.29) is 0 Å². The maximum Gasteiger partial charge on any atom is 0.212 e. The Hall–Kier alpha value is -1.68. The third-order valence-corrected chi connectivity index (χ3v) is 2.90. The lowest BCUT2D eigenvalue weighted by molar-refractivity contribution is 0.398. The lowest BCUT2D eigenvalue weighted by Gasteiger charge is -2.06. The van der Waals surface area contributed by atoms with Crippen molar-refractivity contribution in [1.29, 1.82) is 0 Å². The van der Waals surface area contributed by atoms with E-state index < -0.39 is 0 Å². The Balaban J connectivity index is 2.45. The van der Waals surface area contributed by atoms with E-state index in [4.69, 9.17) is 16.3 Å². The first-order chi connectivity index (χ1) is 8.11. The molecule has 0 aliphatic carbocycles. The van der Waals surface area contributed by atoms with E-state index in [0.29, 0.717) is 16.9 Å². The highest BCUT2D eigenvalue weighted by atomic mass is 35.5. The van der Waals surface area contributed by atoms with Crippen LogP contribution in [0.4, 0.5) is 0 Å². The number of nitrogens with zero attached hydrogens (tertiary/aromatic N) is 3. The van der Waals surface area contributed by atoms with Gasteiger partial charge in [0, 0.05) is 29.1 Å². The normalized spacial score (nSPS) is 10.4. The molecule has 0 aromatic carbocycles. The summed E-state index contributed by atoms with van der Waals surface area (Å²) in [6.07, 6.45) is 1.67. The van der Waals surface area contributed by atoms with Crippen LogP contribution in [0, 0.1) is 13.8 Å². The molecule has 2 heterocycles. The van der Waals surface area contributed by atoms with Crippen LogP contribution in [0.2, 0.25) is 5.15 Å². The topological polar surface area (TPSA) is 47.9 Å². The van der Waals surface area contributed by atoms with Crippen LogP contribution in [0.3, 0.4) is 0 Å². The van der Waals surface area contributed by atoms with Crippen LogP contribution in [-0.2, 0) is 0 Å². The second-order valence-corrected chi connectivity index (χ2v) is 4.00. The molecule has 0 N–H and O–H groups in total. The van der Waals surface area contributed by atoms with Gasteiger partial charge in [0.25, 0.3) is 0 Å². The molecule has 0 unspecified atom stereocenters. The van der Waals surface area contributed by atoms with Crippen LogP contribution in [0.25, 0.3) is 11.4 Å². The van der Waals surface area contributed by atoms with Crippen molar-refractivity contribution >= 4 is 11.6 Å². The van der Waals surface area contributed by atoms with Gasteiger partial charge in [-0.3, -0.25) is 0 Å². The van der Waals surface area contributed by atoms with Gasteiger partial charge in [0.15, 0.2) is 5.82 Å². The monoisotopic (exact) mass is 249 g/mol. The van der Waals surface area contributed by atoms with Crippen molar-refractivity contribution in [1.82, 2.24) is 15.0 Å². The fourth-order valence-corrected chi connectivity index (χ4v) is 1.57. The molecule has 0 saturated heterocycles. The molecule has 0 radical (unpaired) electrons. The second-order valence-electron chi connectivity index (χ2n) is 3.64. The lowest BCUT2D eigenvalue weighted by Crippen LogP contribution is -1.97. The van der Waals surface area contributed by atoms with Crippen LogP contribution in [0.5, 0.6) is 5.88 Å². The van der Waals surface area contributed by atoms with E-state index in [0.717, 1.165) is 16.8 Å². The highest BCUT2D eigenvalue weighted by Crippen LogP contribution is 2.21. The molecule has 2 aromatic heterocycles. The molecule has 5 heteroatoms. The Labute approximate surface area is 105 Å². The van der Waals surface area contributed by atoms with Crippen molar-refractivity contribution in [2.75, 3.05) is 7.11 Å². The van der Waals surface area contributed by atoms with Crippen molar-refractivity contribution < 1.29 is 4.74 Å². The molecule has 0 atom stereocenters. The molecule has 0 aliphatic heterocycles. The van der Waals surface area contributed by atoms with Gasteiger partial charge in [-0.25, -0.2) is 15.0 Å². The number of hydrogen-bond donors (Lipinski definition) is 0. The Bertz CT molecular complexity index is 517. The fraction of sp³-hybridized carbons (Fsp3) is 0.250. The summed E-state index contributed by atoms with van der Waals surface area (Å²) in [4.78, 5) is 12.7. The van der Waals surface area contributed by atoms with Gasteiger partial charge in [-0.1, -0.05) is 11.6 Å². The molecule has 4 nitrogen and oxygen atoms in total. The van der Waals surface area contributed by atoms with Crippen LogP contribution in [-0.4, -0.2) is 22.1 Å². The molecule has 88 valence electrons. The number of aromatic nitrogens is 3. The molecule has 17 heavy (non-hydrogen) atoms. The van der Waals surface area contributed by atoms with Gasteiger partial charge in [-0.05, 0) is 19.9 Å². The zero-order valence-corrected chi connectivity index (χ0v) is 10.6. The number of pyridine rings is 1. The molecule has 0 saturated carbocycles. The van der Waals surface area contributed by atoms with Crippen LogP contribution in [0.1, 0.15) is 11.3 Å². The molecule has 0 fully saturated rings. The Morgan fingerprint density at radius 1 is 1.18 bits per heavy atom. The summed E-state index contributed by atoms with van der Waals surface area (Å²) < 4.78 is 4.99. The molecule has 0 spiro atoms. The minimum atomic E-state index is 0.475. The Morgan fingerprint density at radius 3 is 2.47 bits per heavy atom. The molecular formula is C12H12ClN3O. The quantitative estimate of drug-likeness (QED) is 0.768. The molecule has 0 amide bonds. The molecule has 2 rings (SSSR count). The first kappa shape index (κ1) is 11.8. The smallest absolute Gasteiger partial charge is 0.212 e. The number of methoxy groups -OCH3 is 1. The average Bonchev–Trinajstić information content (AvgIpc) is 2.35. The number of aryl methyl sites for hydroxylation is 1. The summed E-state index contributed by atoms with van der Waals surface area (Å²) in [7, 11) is 1.57. The lowest BCUT2D eigenvalue weighted by atomic mass is 10.2. The fourth-order valence-electron chi connectivity index (χ4n) is 1.36. The summed E-state index contributed by atoms with van der Waals surface area (Å²) in [5, 5.41) is 0.475. The van der Waals surface area contributed by atoms with E-state index in [1.165, 1.54) is 0 Å². The first-order valence-corrected chi connectivity index (χ1v) is 5.50. The maximum atomic E-state index is 6.03. The van der Waals surface area contributed by atoms with Crippen LogP contribution >= 0.6 is 11.6 Å². The average molecular weight is 250 g/mol. The maximum absolute atomic E-state index is 6.03. The summed E-state index contributed by atoms with van der Waals surface area (Å²) in [6, 6.07) is 3.62. The zero-order chi connectivity index (χ0) is 12.4. The van der Waals surface area contributed by atoms with Gasteiger partial charge in [0.05, 0.1) is 7.11 Å². The summed E-state index contributed by atoms with van der Waals surface area (Å²) >= 11 is 6.03. The molecule has 0 aliphatic rings. The Kier molecular flexibility index (Phi) is 3.24. The largest absolute Gasteiger partial charge is 0.481 e. The van der Waals surface area contributed by atoms with E-state index in [9.17, 15) is 0 Å². The number of ether oxygens (including phenoxy) is 1.